The summed E-state index contributed by atoms with van der Waals surface area (Å²) in [6.07, 6.45) is 0.165. The number of rotatable bonds is 10. The first-order valence-corrected chi connectivity index (χ1v) is 13.0. The van der Waals surface area contributed by atoms with Crippen molar-refractivity contribution in [2.24, 2.45) is 5.92 Å². The average Bonchev–Trinajstić information content (AvgIpc) is 3.36. The minimum absolute atomic E-state index is 0.215. The topological polar surface area (TPSA) is 79.3 Å². The van der Waals surface area contributed by atoms with Crippen LogP contribution in [0.3, 0.4) is 0 Å². The van der Waals surface area contributed by atoms with Crippen molar-refractivity contribution in [2.45, 2.75) is 39.2 Å². The van der Waals surface area contributed by atoms with Crippen LogP contribution in [-0.4, -0.2) is 22.0 Å². The number of hydrogen-bond donors (Lipinski definition) is 2. The van der Waals surface area contributed by atoms with Gasteiger partial charge in [0.25, 0.3) is 0 Å². The van der Waals surface area contributed by atoms with Gasteiger partial charge in [0.15, 0.2) is 0 Å². The Bertz CT molecular complexity index is 1310. The lowest BCUT2D eigenvalue weighted by Crippen LogP contribution is -2.33. The van der Waals surface area contributed by atoms with Crippen molar-refractivity contribution in [2.75, 3.05) is 0 Å². The van der Waals surface area contributed by atoms with Crippen molar-refractivity contribution < 1.29 is 14.7 Å². The number of nitrogens with one attached hydrogen (secondary N) is 1. The Balaban J connectivity index is 1.47. The summed E-state index contributed by atoms with van der Waals surface area (Å²) >= 11 is 1.48. The standard InChI is InChI=1S/C30H30N2O3S/c1-20(2)22-12-14-23(15-13-22)25-10-6-7-11-26(25)27-19-36-28(32-27)18-31-30(35)24(17-29(33)34)16-21-8-4-3-5-9-21/h3-15,19-20,24H,16-18H2,1-2H3,(H,31,35)(H,33,34)/t24-/m1/s1. The molecule has 0 saturated heterocycles. The normalized spacial score (nSPS) is 11.9. The van der Waals surface area contributed by atoms with Crippen LogP contribution in [0.4, 0.5) is 0 Å². The maximum absolute atomic E-state index is 12.9. The minimum atomic E-state index is -0.986. The molecule has 0 spiro atoms. The summed E-state index contributed by atoms with van der Waals surface area (Å²) < 4.78 is 0. The molecular formula is C30H30N2O3S. The third-order valence-corrected chi connectivity index (χ3v) is 7.02. The number of thiazole rings is 1. The number of aromatic nitrogens is 1. The first-order chi connectivity index (χ1) is 17.4. The molecule has 1 heterocycles. The van der Waals surface area contributed by atoms with E-state index in [2.05, 4.69) is 55.6 Å². The van der Waals surface area contributed by atoms with E-state index >= 15 is 0 Å². The first kappa shape index (κ1) is 25.3. The number of aliphatic carboxylic acids is 1. The molecule has 2 N–H and O–H groups in total. The molecule has 0 fully saturated rings. The lowest BCUT2D eigenvalue weighted by atomic mass is 9.95. The lowest BCUT2D eigenvalue weighted by Gasteiger charge is -2.14. The summed E-state index contributed by atoms with van der Waals surface area (Å²) in [5.41, 5.74) is 6.38. The van der Waals surface area contributed by atoms with Crippen molar-refractivity contribution in [1.82, 2.24) is 10.3 Å². The molecule has 0 saturated carbocycles. The third kappa shape index (κ3) is 6.46. The van der Waals surface area contributed by atoms with Crippen LogP contribution in [0.15, 0.2) is 84.2 Å². The van der Waals surface area contributed by atoms with E-state index in [1.807, 2.05) is 47.8 Å². The van der Waals surface area contributed by atoms with Crippen LogP contribution >= 0.6 is 11.3 Å². The number of carboxylic acids is 1. The van der Waals surface area contributed by atoms with Gasteiger partial charge in [0, 0.05) is 10.9 Å². The number of amides is 1. The SMILES string of the molecule is CC(C)c1ccc(-c2ccccc2-c2csc(CNC(=O)[C@@H](CC(=O)O)Cc3ccccc3)n2)cc1. The Morgan fingerprint density at radius 3 is 2.25 bits per heavy atom. The van der Waals surface area contributed by atoms with Gasteiger partial charge in [-0.05, 0) is 34.6 Å². The van der Waals surface area contributed by atoms with Crippen LogP contribution in [0.2, 0.25) is 0 Å². The Labute approximate surface area is 215 Å². The van der Waals surface area contributed by atoms with Crippen molar-refractivity contribution in [1.29, 1.82) is 0 Å². The second-order valence-corrected chi connectivity index (χ2v) is 10.1. The van der Waals surface area contributed by atoms with Crippen molar-refractivity contribution in [3.63, 3.8) is 0 Å². The van der Waals surface area contributed by atoms with Gasteiger partial charge in [-0.3, -0.25) is 9.59 Å². The van der Waals surface area contributed by atoms with Gasteiger partial charge in [0.2, 0.25) is 5.91 Å². The predicted octanol–water partition coefficient (Wildman–Crippen LogP) is 6.55. The molecule has 6 heteroatoms. The highest BCUT2D eigenvalue weighted by molar-refractivity contribution is 7.09. The zero-order valence-electron chi connectivity index (χ0n) is 20.5. The number of benzene rings is 3. The molecule has 5 nitrogen and oxygen atoms in total. The van der Waals surface area contributed by atoms with Gasteiger partial charge < -0.3 is 10.4 Å². The van der Waals surface area contributed by atoms with Gasteiger partial charge in [-0.2, -0.15) is 0 Å². The molecule has 0 aliphatic heterocycles. The van der Waals surface area contributed by atoms with Gasteiger partial charge in [-0.15, -0.1) is 11.3 Å². The maximum atomic E-state index is 12.9. The Kier molecular flexibility index (Phi) is 8.28. The Hall–Kier alpha value is -3.77. The second kappa shape index (κ2) is 11.8. The molecule has 0 aliphatic carbocycles. The minimum Gasteiger partial charge on any atom is -0.481 e. The highest BCUT2D eigenvalue weighted by atomic mass is 32.1. The fourth-order valence-electron chi connectivity index (χ4n) is 4.20. The largest absolute Gasteiger partial charge is 0.481 e. The van der Waals surface area contributed by atoms with Crippen LogP contribution < -0.4 is 5.32 Å². The molecule has 184 valence electrons. The summed E-state index contributed by atoms with van der Waals surface area (Å²) in [4.78, 5) is 29.0. The summed E-state index contributed by atoms with van der Waals surface area (Å²) in [5, 5.41) is 15.0. The quantitative estimate of drug-likeness (QED) is 0.260. The van der Waals surface area contributed by atoms with Crippen molar-refractivity contribution in [3.05, 3.63) is 100 Å². The lowest BCUT2D eigenvalue weighted by molar-refractivity contribution is -0.141. The van der Waals surface area contributed by atoms with Gasteiger partial charge in [-0.25, -0.2) is 4.98 Å². The fraction of sp³-hybridized carbons (Fsp3) is 0.233. The smallest absolute Gasteiger partial charge is 0.304 e. The number of carbonyl (C=O) groups excluding carboxylic acids is 1. The second-order valence-electron chi connectivity index (χ2n) is 9.15. The first-order valence-electron chi connectivity index (χ1n) is 12.1. The van der Waals surface area contributed by atoms with E-state index in [1.165, 1.54) is 16.9 Å². The summed E-state index contributed by atoms with van der Waals surface area (Å²) in [6.45, 7) is 4.63. The molecular weight excluding hydrogens is 468 g/mol. The van der Waals surface area contributed by atoms with Crippen LogP contribution in [0.25, 0.3) is 22.4 Å². The third-order valence-electron chi connectivity index (χ3n) is 6.17. The van der Waals surface area contributed by atoms with Crippen LogP contribution in [0, 0.1) is 5.92 Å². The molecule has 0 unspecified atom stereocenters. The van der Waals surface area contributed by atoms with E-state index in [0.717, 1.165) is 33.0 Å². The van der Waals surface area contributed by atoms with Gasteiger partial charge in [0.1, 0.15) is 5.01 Å². The summed E-state index contributed by atoms with van der Waals surface area (Å²) in [5.74, 6) is -1.42. The van der Waals surface area contributed by atoms with Gasteiger partial charge >= 0.3 is 5.97 Å². The molecule has 4 aromatic rings. The maximum Gasteiger partial charge on any atom is 0.304 e. The van der Waals surface area contributed by atoms with Crippen LogP contribution in [-0.2, 0) is 22.6 Å². The fourth-order valence-corrected chi connectivity index (χ4v) is 4.93. The predicted molar refractivity (Wildman–Crippen MR) is 145 cm³/mol. The monoisotopic (exact) mass is 498 g/mol. The van der Waals surface area contributed by atoms with E-state index in [4.69, 9.17) is 4.98 Å². The molecule has 0 aliphatic rings. The van der Waals surface area contributed by atoms with E-state index in [1.54, 1.807) is 0 Å². The van der Waals surface area contributed by atoms with Crippen molar-refractivity contribution >= 4 is 23.2 Å². The average molecular weight is 499 g/mol. The highest BCUT2D eigenvalue weighted by Gasteiger charge is 2.22. The number of carboxylic acid groups (broad SMARTS) is 1. The number of carbonyl (C=O) groups is 2. The van der Waals surface area contributed by atoms with E-state index < -0.39 is 11.9 Å². The molecule has 4 rings (SSSR count). The van der Waals surface area contributed by atoms with E-state index in [0.29, 0.717) is 12.3 Å². The van der Waals surface area contributed by atoms with Gasteiger partial charge in [0.05, 0.1) is 24.6 Å². The summed E-state index contributed by atoms with van der Waals surface area (Å²) in [6, 6.07) is 26.3. The molecule has 1 atom stereocenters. The van der Waals surface area contributed by atoms with E-state index in [9.17, 15) is 14.7 Å². The zero-order valence-corrected chi connectivity index (χ0v) is 21.3. The Morgan fingerprint density at radius 2 is 1.58 bits per heavy atom. The number of hydrogen-bond acceptors (Lipinski definition) is 4. The molecule has 0 radical (unpaired) electrons. The Morgan fingerprint density at radius 1 is 0.917 bits per heavy atom. The van der Waals surface area contributed by atoms with Crippen molar-refractivity contribution in [3.8, 4) is 22.4 Å². The van der Waals surface area contributed by atoms with E-state index in [-0.39, 0.29) is 18.9 Å². The zero-order chi connectivity index (χ0) is 25.5. The van der Waals surface area contributed by atoms with Crippen LogP contribution in [0.1, 0.15) is 42.3 Å². The summed E-state index contributed by atoms with van der Waals surface area (Å²) in [7, 11) is 0. The molecule has 3 aromatic carbocycles. The number of nitrogens with zero attached hydrogens (tertiary/aromatic N) is 1. The molecule has 1 aromatic heterocycles. The van der Waals surface area contributed by atoms with Gasteiger partial charge in [-0.1, -0.05) is 92.7 Å². The molecule has 0 bridgehead atoms. The molecule has 36 heavy (non-hydrogen) atoms. The van der Waals surface area contributed by atoms with Crippen LogP contribution in [0.5, 0.6) is 0 Å². The molecule has 1 amide bonds. The highest BCUT2D eigenvalue weighted by Crippen LogP contribution is 2.33.